The number of pyridine rings is 2. The molecule has 0 saturated heterocycles. The molecule has 0 aliphatic carbocycles. The Morgan fingerprint density at radius 3 is 1.00 bits per heavy atom. The van der Waals surface area contributed by atoms with E-state index in [1.807, 2.05) is 24.3 Å². The number of aliphatic imine (C=N–C) groups is 2. The summed E-state index contributed by atoms with van der Waals surface area (Å²) in [6.45, 7) is 0. The van der Waals surface area contributed by atoms with Gasteiger partial charge in [-0.15, -0.1) is 0 Å². The molecule has 0 unspecified atom stereocenters. The minimum atomic E-state index is 0.714. The molecule has 5 heterocycles. The van der Waals surface area contributed by atoms with Crippen LogP contribution in [0.5, 0.6) is 0 Å². The van der Waals surface area contributed by atoms with Gasteiger partial charge in [-0.05, 0) is 72.8 Å². The lowest BCUT2D eigenvalue weighted by atomic mass is 9.99. The van der Waals surface area contributed by atoms with Crippen LogP contribution < -0.4 is 0 Å². The van der Waals surface area contributed by atoms with Crippen LogP contribution in [-0.2, 0) is 0 Å². The molecule has 62 heavy (non-hydrogen) atoms. The number of rotatable bonds is 4. The Labute approximate surface area is 356 Å². The number of para-hydroxylation sites is 6. The molecule has 0 radical (unpaired) electrons. The molecule has 4 aromatic heterocycles. The van der Waals surface area contributed by atoms with Crippen LogP contribution in [0.1, 0.15) is 22.5 Å². The van der Waals surface area contributed by atoms with Gasteiger partial charge in [0.05, 0.1) is 55.9 Å². The Kier molecular flexibility index (Phi) is 7.50. The molecular weight excluding hydrogens is 757 g/mol. The predicted molar refractivity (Wildman–Crippen MR) is 256 cm³/mol. The maximum absolute atomic E-state index is 5.56. The monoisotopic (exact) mass is 790 g/mol. The van der Waals surface area contributed by atoms with Crippen molar-refractivity contribution in [3.63, 3.8) is 0 Å². The summed E-state index contributed by atoms with van der Waals surface area (Å²) in [6, 6.07) is 72.5. The number of hydrogen-bond donors (Lipinski definition) is 0. The SMILES string of the molecule is c1ccc2nc3c(cc2c1)N=C(c1ccc(-n2c4ccccc4c4ccccc42)cc1)c1nc2ccccc2cc1N=C3c1ccc(-n2c3ccccc3c3ccccc32)cc1. The normalized spacial score (nSPS) is 12.7. The van der Waals surface area contributed by atoms with Crippen LogP contribution in [0.2, 0.25) is 0 Å². The van der Waals surface area contributed by atoms with E-state index in [9.17, 15) is 0 Å². The van der Waals surface area contributed by atoms with Crippen molar-refractivity contribution >= 4 is 88.2 Å². The molecule has 0 N–H and O–H groups in total. The zero-order valence-corrected chi connectivity index (χ0v) is 33.3. The smallest absolute Gasteiger partial charge is 0.116 e. The Balaban J connectivity index is 1.01. The molecule has 13 rings (SSSR count). The molecule has 0 atom stereocenters. The van der Waals surface area contributed by atoms with Gasteiger partial charge in [0.25, 0.3) is 0 Å². The molecule has 0 bridgehead atoms. The largest absolute Gasteiger partial charge is 0.309 e. The summed E-state index contributed by atoms with van der Waals surface area (Å²) >= 11 is 0. The van der Waals surface area contributed by atoms with Crippen molar-refractivity contribution in [3.8, 4) is 11.4 Å². The third-order valence-corrected chi connectivity index (χ3v) is 12.3. The van der Waals surface area contributed by atoms with Gasteiger partial charge in [-0.3, -0.25) is 0 Å². The summed E-state index contributed by atoms with van der Waals surface area (Å²) in [5.74, 6) is 0. The van der Waals surface area contributed by atoms with Crippen LogP contribution in [0.3, 0.4) is 0 Å². The highest BCUT2D eigenvalue weighted by Gasteiger charge is 2.24. The minimum absolute atomic E-state index is 0.714. The van der Waals surface area contributed by atoms with Crippen LogP contribution in [0.25, 0.3) is 76.8 Å². The lowest BCUT2D eigenvalue weighted by Crippen LogP contribution is -2.13. The first kappa shape index (κ1) is 34.4. The fraction of sp³-hybridized carbons (Fsp3) is 0. The molecule has 1 aliphatic rings. The van der Waals surface area contributed by atoms with Crippen molar-refractivity contribution in [1.29, 1.82) is 0 Å². The van der Waals surface area contributed by atoms with Crippen LogP contribution in [0.4, 0.5) is 11.4 Å². The zero-order chi connectivity index (χ0) is 40.7. The van der Waals surface area contributed by atoms with Gasteiger partial charge in [0.2, 0.25) is 0 Å². The lowest BCUT2D eigenvalue weighted by Gasteiger charge is -2.19. The number of hydrogen-bond acceptors (Lipinski definition) is 4. The standard InChI is InChI=1S/C56H34N6/c1-7-19-45-37(13-1)33-47-55(57-45)53(35-25-29-39(30-26-35)61-49-21-9-3-15-41(49)42-16-4-10-22-50(42)61)60-48-34-38-14-2-8-20-46(38)58-56(48)54(59-47)36-27-31-40(32-28-36)62-51-23-11-5-17-43(51)44-18-6-12-24-52(44)62/h1-34H. The van der Waals surface area contributed by atoms with Crippen LogP contribution in [0, 0.1) is 0 Å². The molecule has 0 spiro atoms. The molecule has 0 saturated carbocycles. The minimum Gasteiger partial charge on any atom is -0.309 e. The number of aromatic nitrogens is 4. The summed E-state index contributed by atoms with van der Waals surface area (Å²) in [5.41, 5.74) is 14.8. The molecule has 6 nitrogen and oxygen atoms in total. The van der Waals surface area contributed by atoms with Gasteiger partial charge in [0.15, 0.2) is 0 Å². The van der Waals surface area contributed by atoms with Gasteiger partial charge in [0, 0.05) is 54.8 Å². The fourth-order valence-corrected chi connectivity index (χ4v) is 9.42. The first-order chi connectivity index (χ1) is 30.7. The Hall–Kier alpha value is -8.48. The van der Waals surface area contributed by atoms with Gasteiger partial charge in [-0.2, -0.15) is 0 Å². The van der Waals surface area contributed by atoms with E-state index >= 15 is 0 Å². The van der Waals surface area contributed by atoms with E-state index in [0.717, 1.165) is 67.1 Å². The molecule has 0 fully saturated rings. The third kappa shape index (κ3) is 5.30. The Morgan fingerprint density at radius 1 is 0.306 bits per heavy atom. The summed E-state index contributed by atoms with van der Waals surface area (Å²) in [4.78, 5) is 21.8. The molecule has 0 amide bonds. The fourth-order valence-electron chi connectivity index (χ4n) is 9.42. The third-order valence-electron chi connectivity index (χ3n) is 12.3. The van der Waals surface area contributed by atoms with Gasteiger partial charge >= 0.3 is 0 Å². The number of fused-ring (bicyclic) bond motifs is 10. The van der Waals surface area contributed by atoms with E-state index < -0.39 is 0 Å². The van der Waals surface area contributed by atoms with Gasteiger partial charge in [-0.1, -0.05) is 133 Å². The second kappa shape index (κ2) is 13.5. The summed E-state index contributed by atoms with van der Waals surface area (Å²) in [6.07, 6.45) is 0. The first-order valence-electron chi connectivity index (χ1n) is 20.9. The number of nitrogens with zero attached hydrogens (tertiary/aromatic N) is 6. The van der Waals surface area contributed by atoms with E-state index in [0.29, 0.717) is 11.4 Å². The topological polar surface area (TPSA) is 60.4 Å². The Morgan fingerprint density at radius 2 is 0.629 bits per heavy atom. The van der Waals surface area contributed by atoms with Crippen LogP contribution in [0.15, 0.2) is 216 Å². The highest BCUT2D eigenvalue weighted by atomic mass is 15.0. The van der Waals surface area contributed by atoms with Crippen molar-refractivity contribution in [3.05, 3.63) is 229 Å². The van der Waals surface area contributed by atoms with E-state index in [1.165, 1.54) is 43.6 Å². The highest BCUT2D eigenvalue weighted by molar-refractivity contribution is 6.23. The summed E-state index contributed by atoms with van der Waals surface area (Å²) in [5, 5.41) is 6.93. The van der Waals surface area contributed by atoms with Crippen molar-refractivity contribution in [2.75, 3.05) is 0 Å². The van der Waals surface area contributed by atoms with Gasteiger partial charge in [0.1, 0.15) is 11.4 Å². The quantitative estimate of drug-likeness (QED) is 0.178. The average molecular weight is 791 g/mol. The predicted octanol–water partition coefficient (Wildman–Crippen LogP) is 13.6. The lowest BCUT2D eigenvalue weighted by molar-refractivity contribution is 1.18. The Bertz CT molecular complexity index is 3490. The summed E-state index contributed by atoms with van der Waals surface area (Å²) < 4.78 is 4.67. The zero-order valence-electron chi connectivity index (χ0n) is 33.3. The van der Waals surface area contributed by atoms with E-state index in [1.54, 1.807) is 0 Å². The van der Waals surface area contributed by atoms with E-state index in [4.69, 9.17) is 20.0 Å². The van der Waals surface area contributed by atoms with Crippen molar-refractivity contribution in [2.45, 2.75) is 0 Å². The van der Waals surface area contributed by atoms with Gasteiger partial charge in [-0.25, -0.2) is 20.0 Å². The van der Waals surface area contributed by atoms with E-state index in [-0.39, 0.29) is 0 Å². The molecule has 1 aliphatic heterocycles. The molecule has 288 valence electrons. The highest BCUT2D eigenvalue weighted by Crippen LogP contribution is 2.38. The van der Waals surface area contributed by atoms with Gasteiger partial charge < -0.3 is 9.13 Å². The average Bonchev–Trinajstić information content (AvgIpc) is 3.85. The second-order valence-corrected chi connectivity index (χ2v) is 15.9. The molecule has 6 heteroatoms. The first-order valence-corrected chi connectivity index (χ1v) is 20.9. The van der Waals surface area contributed by atoms with Crippen LogP contribution in [-0.4, -0.2) is 30.5 Å². The second-order valence-electron chi connectivity index (χ2n) is 15.9. The number of benzene rings is 8. The molecule has 8 aromatic carbocycles. The maximum Gasteiger partial charge on any atom is 0.116 e. The maximum atomic E-state index is 5.56. The molecular formula is C56H34N6. The van der Waals surface area contributed by atoms with Crippen molar-refractivity contribution in [1.82, 2.24) is 19.1 Å². The van der Waals surface area contributed by atoms with Crippen molar-refractivity contribution in [2.24, 2.45) is 9.98 Å². The summed E-state index contributed by atoms with van der Waals surface area (Å²) in [7, 11) is 0. The van der Waals surface area contributed by atoms with E-state index in [2.05, 4.69) is 191 Å². The van der Waals surface area contributed by atoms with Crippen LogP contribution >= 0.6 is 0 Å². The molecule has 12 aromatic rings. The van der Waals surface area contributed by atoms with Crippen molar-refractivity contribution < 1.29 is 0 Å².